The highest BCUT2D eigenvalue weighted by Gasteiger charge is 2.38. The van der Waals surface area contributed by atoms with Crippen LogP contribution in [0.3, 0.4) is 0 Å². The maximum Gasteiger partial charge on any atom is 0.328 e. The molecule has 0 saturated heterocycles. The Morgan fingerprint density at radius 1 is 1.62 bits per heavy atom. The molecule has 0 aliphatic rings. The second kappa shape index (κ2) is 4.19. The number of methoxy groups -OCH3 is 1. The Kier molecular flexibility index (Phi) is 3.14. The summed E-state index contributed by atoms with van der Waals surface area (Å²) in [5.74, 6) is -1.79. The van der Waals surface area contributed by atoms with Crippen LogP contribution in [-0.4, -0.2) is 18.2 Å². The fraction of sp³-hybridized carbons (Fsp3) is 0.273. The van der Waals surface area contributed by atoms with Crippen LogP contribution >= 0.6 is 0 Å². The van der Waals surface area contributed by atoms with E-state index in [1.807, 2.05) is 0 Å². The third-order valence-corrected chi connectivity index (χ3v) is 2.35. The van der Waals surface area contributed by atoms with Crippen LogP contribution in [0.5, 0.6) is 5.75 Å². The van der Waals surface area contributed by atoms with Gasteiger partial charge in [0.15, 0.2) is 5.41 Å². The van der Waals surface area contributed by atoms with E-state index in [0.29, 0.717) is 0 Å². The second-order valence-electron chi connectivity index (χ2n) is 3.39. The lowest BCUT2D eigenvalue weighted by molar-refractivity contribution is -0.141. The molecule has 1 unspecified atom stereocenters. The summed E-state index contributed by atoms with van der Waals surface area (Å²) < 4.78 is 18.0. The molecule has 84 valence electrons. The van der Waals surface area contributed by atoms with Gasteiger partial charge in [0, 0.05) is 5.56 Å². The first-order chi connectivity index (χ1) is 7.45. The third-order valence-electron chi connectivity index (χ3n) is 2.35. The summed E-state index contributed by atoms with van der Waals surface area (Å²) in [6.45, 7) is 1.20. The number of hydrogen-bond acceptors (Lipinski definition) is 3. The van der Waals surface area contributed by atoms with Crippen LogP contribution in [-0.2, 0) is 10.2 Å². The molecule has 1 N–H and O–H groups in total. The Hall–Kier alpha value is -2.09. The van der Waals surface area contributed by atoms with Crippen molar-refractivity contribution in [2.24, 2.45) is 0 Å². The fourth-order valence-corrected chi connectivity index (χ4v) is 1.29. The Labute approximate surface area is 91.9 Å². The molecule has 1 atom stereocenters. The van der Waals surface area contributed by atoms with Gasteiger partial charge in [0.2, 0.25) is 0 Å². The van der Waals surface area contributed by atoms with E-state index < -0.39 is 17.2 Å². The molecule has 1 rings (SSSR count). The molecular formula is C11H10FNO3. The van der Waals surface area contributed by atoms with Crippen molar-refractivity contribution in [2.45, 2.75) is 12.3 Å². The molecule has 0 heterocycles. The maximum absolute atomic E-state index is 13.1. The van der Waals surface area contributed by atoms with Crippen LogP contribution < -0.4 is 4.74 Å². The van der Waals surface area contributed by atoms with Crippen molar-refractivity contribution in [1.82, 2.24) is 0 Å². The van der Waals surface area contributed by atoms with Gasteiger partial charge in [0.1, 0.15) is 11.6 Å². The van der Waals surface area contributed by atoms with E-state index in [2.05, 4.69) is 0 Å². The van der Waals surface area contributed by atoms with E-state index in [-0.39, 0.29) is 11.3 Å². The predicted octanol–water partition coefficient (Wildman–Crippen LogP) is 1.70. The zero-order chi connectivity index (χ0) is 12.3. The van der Waals surface area contributed by atoms with E-state index in [1.165, 1.54) is 20.1 Å². The summed E-state index contributed by atoms with van der Waals surface area (Å²) in [6, 6.07) is 5.08. The van der Waals surface area contributed by atoms with E-state index in [4.69, 9.17) is 15.1 Å². The predicted molar refractivity (Wildman–Crippen MR) is 53.6 cm³/mol. The lowest BCUT2D eigenvalue weighted by Crippen LogP contribution is -2.31. The van der Waals surface area contributed by atoms with Crippen molar-refractivity contribution >= 4 is 5.97 Å². The van der Waals surface area contributed by atoms with Gasteiger partial charge in [-0.05, 0) is 25.1 Å². The Morgan fingerprint density at radius 3 is 2.69 bits per heavy atom. The quantitative estimate of drug-likeness (QED) is 0.846. The van der Waals surface area contributed by atoms with Crippen LogP contribution in [0.2, 0.25) is 0 Å². The number of carboxylic acid groups (broad SMARTS) is 1. The molecule has 0 radical (unpaired) electrons. The Morgan fingerprint density at radius 2 is 2.25 bits per heavy atom. The van der Waals surface area contributed by atoms with Gasteiger partial charge in [-0.3, -0.25) is 4.79 Å². The zero-order valence-electron chi connectivity index (χ0n) is 8.82. The van der Waals surface area contributed by atoms with Crippen LogP contribution in [0.15, 0.2) is 18.2 Å². The summed E-state index contributed by atoms with van der Waals surface area (Å²) >= 11 is 0. The van der Waals surface area contributed by atoms with Gasteiger partial charge < -0.3 is 9.84 Å². The average Bonchev–Trinajstić information content (AvgIpc) is 2.27. The average molecular weight is 223 g/mol. The maximum atomic E-state index is 13.1. The number of nitriles is 1. The number of rotatable bonds is 3. The first kappa shape index (κ1) is 12.0. The molecule has 5 heteroatoms. The summed E-state index contributed by atoms with van der Waals surface area (Å²) in [7, 11) is 1.33. The number of ether oxygens (including phenoxy) is 1. The van der Waals surface area contributed by atoms with E-state index in [1.54, 1.807) is 6.07 Å². The first-order valence-corrected chi connectivity index (χ1v) is 4.44. The normalized spacial score (nSPS) is 13.6. The van der Waals surface area contributed by atoms with Gasteiger partial charge in [-0.2, -0.15) is 5.26 Å². The van der Waals surface area contributed by atoms with Crippen LogP contribution in [0, 0.1) is 17.1 Å². The molecule has 0 aromatic heterocycles. The number of carbonyl (C=O) groups is 1. The lowest BCUT2D eigenvalue weighted by atomic mass is 9.83. The van der Waals surface area contributed by atoms with E-state index in [9.17, 15) is 9.18 Å². The summed E-state index contributed by atoms with van der Waals surface area (Å²) in [5.41, 5.74) is -1.82. The third kappa shape index (κ3) is 1.82. The molecule has 16 heavy (non-hydrogen) atoms. The zero-order valence-corrected chi connectivity index (χ0v) is 8.82. The van der Waals surface area contributed by atoms with Gasteiger partial charge in [0.25, 0.3) is 0 Å². The molecule has 0 spiro atoms. The number of benzene rings is 1. The SMILES string of the molecule is COc1ccc(F)cc1C(C)(C#N)C(=O)O. The molecule has 4 nitrogen and oxygen atoms in total. The number of halogens is 1. The second-order valence-corrected chi connectivity index (χ2v) is 3.39. The van der Waals surface area contributed by atoms with Gasteiger partial charge in [-0.25, -0.2) is 4.39 Å². The van der Waals surface area contributed by atoms with E-state index >= 15 is 0 Å². The molecule has 0 aliphatic heterocycles. The van der Waals surface area contributed by atoms with Crippen molar-refractivity contribution in [2.75, 3.05) is 7.11 Å². The highest BCUT2D eigenvalue weighted by Crippen LogP contribution is 2.32. The molecule has 0 fully saturated rings. The number of aliphatic carboxylic acids is 1. The standard InChI is InChI=1S/C11H10FNO3/c1-11(6-13,10(14)15)8-5-7(12)3-4-9(8)16-2/h3-5H,1-2H3,(H,14,15). The highest BCUT2D eigenvalue weighted by molar-refractivity contribution is 5.85. The smallest absolute Gasteiger partial charge is 0.328 e. The lowest BCUT2D eigenvalue weighted by Gasteiger charge is -2.19. The van der Waals surface area contributed by atoms with Crippen LogP contribution in [0.25, 0.3) is 0 Å². The first-order valence-electron chi connectivity index (χ1n) is 4.44. The number of hydrogen-bond donors (Lipinski definition) is 1. The van der Waals surface area contributed by atoms with Gasteiger partial charge >= 0.3 is 5.97 Å². The van der Waals surface area contributed by atoms with Crippen molar-refractivity contribution in [3.8, 4) is 11.8 Å². The van der Waals surface area contributed by atoms with E-state index in [0.717, 1.165) is 12.1 Å². The Balaban J connectivity index is 3.47. The van der Waals surface area contributed by atoms with Crippen molar-refractivity contribution in [3.05, 3.63) is 29.6 Å². The van der Waals surface area contributed by atoms with Crippen LogP contribution in [0.4, 0.5) is 4.39 Å². The number of carboxylic acids is 1. The number of nitrogens with zero attached hydrogens (tertiary/aromatic N) is 1. The fourth-order valence-electron chi connectivity index (χ4n) is 1.29. The van der Waals surface area contributed by atoms with Gasteiger partial charge in [0.05, 0.1) is 13.2 Å². The molecule has 0 aliphatic carbocycles. The minimum absolute atomic E-state index is 0.00463. The van der Waals surface area contributed by atoms with Crippen LogP contribution in [0.1, 0.15) is 12.5 Å². The molecule has 0 saturated carbocycles. The minimum Gasteiger partial charge on any atom is -0.496 e. The summed E-state index contributed by atoms with van der Waals surface area (Å²) in [5, 5.41) is 17.9. The molecule has 1 aromatic carbocycles. The molecule has 0 bridgehead atoms. The molecule has 1 aromatic rings. The van der Waals surface area contributed by atoms with Gasteiger partial charge in [-0.1, -0.05) is 0 Å². The van der Waals surface area contributed by atoms with Crippen molar-refractivity contribution in [3.63, 3.8) is 0 Å². The Bertz CT molecular complexity index is 467. The topological polar surface area (TPSA) is 70.3 Å². The monoisotopic (exact) mass is 223 g/mol. The highest BCUT2D eigenvalue weighted by atomic mass is 19.1. The molecular weight excluding hydrogens is 213 g/mol. The largest absolute Gasteiger partial charge is 0.496 e. The summed E-state index contributed by atoms with van der Waals surface area (Å²) in [6.07, 6.45) is 0. The minimum atomic E-state index is -1.83. The van der Waals surface area contributed by atoms with Gasteiger partial charge in [-0.15, -0.1) is 0 Å². The molecule has 0 amide bonds. The van der Waals surface area contributed by atoms with Crippen molar-refractivity contribution in [1.29, 1.82) is 5.26 Å². The summed E-state index contributed by atoms with van der Waals surface area (Å²) in [4.78, 5) is 11.0. The van der Waals surface area contributed by atoms with Crippen molar-refractivity contribution < 1.29 is 19.0 Å².